The van der Waals surface area contributed by atoms with Gasteiger partial charge < -0.3 is 24.0 Å². The number of anilines is 2. The molecule has 2 aliphatic rings. The van der Waals surface area contributed by atoms with E-state index >= 15 is 0 Å². The first-order chi connectivity index (χ1) is 25.7. The summed E-state index contributed by atoms with van der Waals surface area (Å²) in [6.07, 6.45) is 2.88. The van der Waals surface area contributed by atoms with Crippen molar-refractivity contribution in [2.45, 2.75) is 51.8 Å². The summed E-state index contributed by atoms with van der Waals surface area (Å²) in [6, 6.07) is 18.3. The normalized spacial score (nSPS) is 18.8. The van der Waals surface area contributed by atoms with Gasteiger partial charge in [-0.15, -0.1) is 0 Å². The van der Waals surface area contributed by atoms with E-state index in [-0.39, 0.29) is 38.4 Å². The molecule has 278 valence electrons. The monoisotopic (exact) mass is 730 g/mol. The molecule has 2 saturated heterocycles. The third kappa shape index (κ3) is 7.24. The molecule has 0 unspecified atom stereocenters. The van der Waals surface area contributed by atoms with E-state index in [1.807, 2.05) is 43.3 Å². The molecule has 3 aromatic carbocycles. The fourth-order valence-corrected chi connectivity index (χ4v) is 6.80. The average Bonchev–Trinajstić information content (AvgIpc) is 3.84. The first-order valence-electron chi connectivity index (χ1n) is 17.6. The second-order valence-electron chi connectivity index (χ2n) is 12.9. The lowest BCUT2D eigenvalue weighted by molar-refractivity contribution is -0.192. The minimum Gasteiger partial charge on any atom is -0.491 e. The summed E-state index contributed by atoms with van der Waals surface area (Å²) >= 11 is 0. The predicted octanol–water partition coefficient (Wildman–Crippen LogP) is 3.13. The molecule has 0 bridgehead atoms. The van der Waals surface area contributed by atoms with E-state index < -0.39 is 40.6 Å². The first kappa shape index (κ1) is 35.8. The van der Waals surface area contributed by atoms with E-state index in [4.69, 9.17) is 14.2 Å². The second-order valence-corrected chi connectivity index (χ2v) is 12.9. The van der Waals surface area contributed by atoms with Crippen LogP contribution in [0.1, 0.15) is 25.8 Å². The van der Waals surface area contributed by atoms with Crippen LogP contribution in [0, 0.1) is 11.6 Å². The fraction of sp³-hybridized carbons (Fsp3) is 0.378. The molecule has 0 saturated carbocycles. The molecule has 0 spiro atoms. The van der Waals surface area contributed by atoms with Gasteiger partial charge in [-0.1, -0.05) is 6.92 Å². The minimum atomic E-state index is -1.53. The van der Waals surface area contributed by atoms with Crippen molar-refractivity contribution >= 4 is 11.4 Å². The average molecular weight is 731 g/mol. The Morgan fingerprint density at radius 3 is 2.08 bits per heavy atom. The Kier molecular flexibility index (Phi) is 10.2. The number of hydrogen-bond donors (Lipinski definition) is 0. The van der Waals surface area contributed by atoms with Crippen LogP contribution in [0.2, 0.25) is 0 Å². The number of piperazine rings is 1. The van der Waals surface area contributed by atoms with E-state index in [1.165, 1.54) is 23.4 Å². The highest BCUT2D eigenvalue weighted by Crippen LogP contribution is 2.38. The van der Waals surface area contributed by atoms with Crippen LogP contribution in [0.15, 0.2) is 93.8 Å². The van der Waals surface area contributed by atoms with Crippen molar-refractivity contribution in [2.75, 3.05) is 49.2 Å². The van der Waals surface area contributed by atoms with Crippen molar-refractivity contribution in [1.82, 2.24) is 28.5 Å². The van der Waals surface area contributed by atoms with Gasteiger partial charge in [0.05, 0.1) is 12.3 Å². The highest BCUT2D eigenvalue weighted by Gasteiger charge is 2.46. The number of halogens is 2. The van der Waals surface area contributed by atoms with Gasteiger partial charge in [-0.25, -0.2) is 46.5 Å². The van der Waals surface area contributed by atoms with Gasteiger partial charge >= 0.3 is 17.1 Å². The third-order valence-corrected chi connectivity index (χ3v) is 9.50. The van der Waals surface area contributed by atoms with Crippen LogP contribution in [0.4, 0.5) is 20.2 Å². The quantitative estimate of drug-likeness (QED) is 0.189. The van der Waals surface area contributed by atoms with E-state index in [2.05, 4.69) is 19.9 Å². The van der Waals surface area contributed by atoms with Crippen molar-refractivity contribution < 1.29 is 23.0 Å². The van der Waals surface area contributed by atoms with Crippen molar-refractivity contribution in [1.29, 1.82) is 0 Å². The molecule has 2 aromatic heterocycles. The largest absolute Gasteiger partial charge is 0.491 e. The maximum Gasteiger partial charge on any atom is 0.340 e. The van der Waals surface area contributed by atoms with E-state index in [0.29, 0.717) is 17.9 Å². The second kappa shape index (κ2) is 15.2. The van der Waals surface area contributed by atoms with E-state index in [1.54, 1.807) is 19.1 Å². The van der Waals surface area contributed by atoms with Crippen molar-refractivity contribution in [3.05, 3.63) is 128 Å². The summed E-state index contributed by atoms with van der Waals surface area (Å²) < 4.78 is 51.6. The smallest absolute Gasteiger partial charge is 0.340 e. The van der Waals surface area contributed by atoms with Crippen LogP contribution >= 0.6 is 0 Å². The van der Waals surface area contributed by atoms with Crippen LogP contribution in [0.3, 0.4) is 0 Å². The van der Waals surface area contributed by atoms with E-state index in [9.17, 15) is 23.2 Å². The molecule has 14 nitrogen and oxygen atoms in total. The Morgan fingerprint density at radius 2 is 1.47 bits per heavy atom. The number of nitrogens with zero attached hydrogens (tertiary/aromatic N) is 8. The zero-order chi connectivity index (χ0) is 37.1. The third-order valence-electron chi connectivity index (χ3n) is 9.50. The van der Waals surface area contributed by atoms with Crippen LogP contribution in [-0.2, 0) is 34.9 Å². The Morgan fingerprint density at radius 1 is 0.830 bits per heavy atom. The van der Waals surface area contributed by atoms with Crippen LogP contribution < -0.4 is 31.6 Å². The zero-order valence-electron chi connectivity index (χ0n) is 29.4. The van der Waals surface area contributed by atoms with Gasteiger partial charge in [-0.2, -0.15) is 5.10 Å². The molecule has 2 aliphatic heterocycles. The molecule has 4 heterocycles. The fourth-order valence-electron chi connectivity index (χ4n) is 6.80. The Bertz CT molecular complexity index is 2210. The molecular formula is C37H40F2N8O6. The molecule has 7 rings (SSSR count). The maximum atomic E-state index is 14.9. The molecular weight excluding hydrogens is 690 g/mol. The molecule has 0 radical (unpaired) electrons. The number of ether oxygens (including phenoxy) is 3. The molecule has 0 N–H and O–H groups in total. The highest BCUT2D eigenvalue weighted by molar-refractivity contribution is 5.54. The van der Waals surface area contributed by atoms with Gasteiger partial charge in [0.15, 0.2) is 0 Å². The first-order valence-corrected chi connectivity index (χ1v) is 17.6. The van der Waals surface area contributed by atoms with Gasteiger partial charge in [-0.3, -0.25) is 0 Å². The van der Waals surface area contributed by atoms with Gasteiger partial charge in [0.1, 0.15) is 49.3 Å². The number of benzene rings is 3. The van der Waals surface area contributed by atoms with Crippen molar-refractivity contribution in [2.24, 2.45) is 0 Å². The van der Waals surface area contributed by atoms with E-state index in [0.717, 1.165) is 63.4 Å². The van der Waals surface area contributed by atoms with Crippen molar-refractivity contribution in [3.8, 4) is 11.4 Å². The van der Waals surface area contributed by atoms with Gasteiger partial charge in [0.25, 0.3) is 0 Å². The van der Waals surface area contributed by atoms with Gasteiger partial charge in [0, 0.05) is 62.3 Å². The molecule has 0 amide bonds. The van der Waals surface area contributed by atoms with Gasteiger partial charge in [0.2, 0.25) is 5.79 Å². The summed E-state index contributed by atoms with van der Waals surface area (Å²) in [5.41, 5.74) is 0.616. The standard InChI is InChI=1S/C37H40F2N8O6/c1-3-15-46-34(48)45(4-2)35(49)47(36(46)50)29-8-6-27(7-9-29)42-16-18-43(19-17-42)28-10-12-30(13-11-28)51-21-31-22-52-37(53-31,23-44-25-40-24-41-44)32-14-5-26(38)20-33(32)39/h5-14,20,24-25,31H,3-4,15-19,21-23H2,1-2H3/t31-,37-/m0/s1. The lowest BCUT2D eigenvalue weighted by atomic mass is 10.0. The summed E-state index contributed by atoms with van der Waals surface area (Å²) in [5, 5.41) is 4.10. The number of rotatable bonds is 12. The molecule has 0 aliphatic carbocycles. The molecule has 53 heavy (non-hydrogen) atoms. The topological polar surface area (TPSA) is 131 Å². The lowest BCUT2D eigenvalue weighted by Gasteiger charge is -2.37. The summed E-state index contributed by atoms with van der Waals surface area (Å²) in [6.45, 7) is 7.31. The van der Waals surface area contributed by atoms with Crippen molar-refractivity contribution in [3.63, 3.8) is 0 Å². The lowest BCUT2D eigenvalue weighted by Crippen LogP contribution is -2.53. The Balaban J connectivity index is 0.952. The summed E-state index contributed by atoms with van der Waals surface area (Å²) in [5.74, 6) is -2.39. The highest BCUT2D eigenvalue weighted by atomic mass is 19.1. The molecule has 2 fully saturated rings. The van der Waals surface area contributed by atoms with Gasteiger partial charge in [-0.05, 0) is 74.0 Å². The SMILES string of the molecule is CCCn1c(=O)n(CC)c(=O)n(-c2ccc(N3CCN(c4ccc(OC[C@H]5CO[C@](Cn6cncn6)(c6ccc(F)cc6F)O5)cc4)CC3)cc2)c1=O. The van der Waals surface area contributed by atoms with Crippen LogP contribution in [-0.4, -0.2) is 74.0 Å². The zero-order valence-corrected chi connectivity index (χ0v) is 29.4. The predicted molar refractivity (Wildman–Crippen MR) is 192 cm³/mol. The summed E-state index contributed by atoms with van der Waals surface area (Å²) in [7, 11) is 0. The maximum absolute atomic E-state index is 14.9. The Hall–Kier alpha value is -5.61. The Labute approximate surface area is 303 Å². The molecule has 2 atom stereocenters. The van der Waals surface area contributed by atoms with Crippen LogP contribution in [0.5, 0.6) is 5.75 Å². The number of hydrogen-bond acceptors (Lipinski definition) is 10. The number of aromatic nitrogens is 6. The minimum absolute atomic E-state index is 0.0129. The summed E-state index contributed by atoms with van der Waals surface area (Å²) in [4.78, 5) is 47.3. The molecule has 16 heteroatoms. The van der Waals surface area contributed by atoms with Crippen LogP contribution in [0.25, 0.3) is 5.69 Å². The molecule has 5 aromatic rings.